The summed E-state index contributed by atoms with van der Waals surface area (Å²) >= 11 is 0. The number of amides is 1. The summed E-state index contributed by atoms with van der Waals surface area (Å²) in [5.74, 6) is 0.0130. The molecule has 0 unspecified atom stereocenters. The normalized spacial score (nSPS) is 14.4. The number of aryl methyl sites for hydroxylation is 2. The number of aliphatic hydroxyl groups excluding tert-OH is 1. The molecule has 0 saturated heterocycles. The lowest BCUT2D eigenvalue weighted by atomic mass is 10.1. The molecular formula is C21H26N2O2. The molecule has 1 aliphatic carbocycles. The van der Waals surface area contributed by atoms with Gasteiger partial charge in [0.15, 0.2) is 0 Å². The Balaban J connectivity index is 1.44. The maximum atomic E-state index is 12.2. The van der Waals surface area contributed by atoms with E-state index in [-0.39, 0.29) is 5.91 Å². The number of carbonyl (C=O) groups is 1. The zero-order valence-electron chi connectivity index (χ0n) is 14.7. The highest BCUT2D eigenvalue weighted by Crippen LogP contribution is 2.24. The molecule has 25 heavy (non-hydrogen) atoms. The van der Waals surface area contributed by atoms with Crippen LogP contribution in [0.2, 0.25) is 0 Å². The maximum Gasteiger partial charge on any atom is 0.225 e. The number of rotatable bonds is 7. The third kappa shape index (κ3) is 4.91. The minimum Gasteiger partial charge on any atom is -0.387 e. The Labute approximate surface area is 149 Å². The quantitative estimate of drug-likeness (QED) is 0.815. The molecule has 0 aliphatic heterocycles. The Morgan fingerprint density at radius 3 is 2.72 bits per heavy atom. The molecule has 3 rings (SSSR count). The Morgan fingerprint density at radius 1 is 1.16 bits per heavy atom. The molecule has 2 N–H and O–H groups in total. The van der Waals surface area contributed by atoms with E-state index in [1.165, 1.54) is 17.5 Å². The second-order valence-corrected chi connectivity index (χ2v) is 6.82. The summed E-state index contributed by atoms with van der Waals surface area (Å²) in [7, 11) is 1.93. The summed E-state index contributed by atoms with van der Waals surface area (Å²) in [6, 6.07) is 15.8. The molecule has 0 heterocycles. The van der Waals surface area contributed by atoms with Crippen molar-refractivity contribution in [3.05, 3.63) is 65.2 Å². The highest BCUT2D eigenvalue weighted by molar-refractivity contribution is 5.91. The Kier molecular flexibility index (Phi) is 5.84. The number of hydrogen-bond acceptors (Lipinski definition) is 3. The molecule has 1 atom stereocenters. The molecule has 0 saturated carbocycles. The van der Waals surface area contributed by atoms with Gasteiger partial charge >= 0.3 is 0 Å². The summed E-state index contributed by atoms with van der Waals surface area (Å²) in [5, 5.41) is 13.2. The minimum absolute atomic E-state index is 0.0130. The average Bonchev–Trinajstić information content (AvgIpc) is 3.08. The number of aliphatic hydroxyl groups is 1. The zero-order valence-corrected chi connectivity index (χ0v) is 14.7. The molecule has 2 aromatic carbocycles. The number of nitrogens with zero attached hydrogens (tertiary/aromatic N) is 1. The fourth-order valence-electron chi connectivity index (χ4n) is 3.33. The van der Waals surface area contributed by atoms with Gasteiger partial charge in [0, 0.05) is 25.2 Å². The van der Waals surface area contributed by atoms with E-state index in [0.717, 1.165) is 24.1 Å². The van der Waals surface area contributed by atoms with Gasteiger partial charge in [-0.3, -0.25) is 4.79 Å². The van der Waals surface area contributed by atoms with E-state index in [0.29, 0.717) is 19.5 Å². The van der Waals surface area contributed by atoms with Gasteiger partial charge in [-0.25, -0.2) is 0 Å². The van der Waals surface area contributed by atoms with Crippen LogP contribution in [-0.2, 0) is 17.6 Å². The molecular weight excluding hydrogens is 312 g/mol. The van der Waals surface area contributed by atoms with Gasteiger partial charge in [-0.15, -0.1) is 0 Å². The lowest BCUT2D eigenvalue weighted by Gasteiger charge is -2.20. The summed E-state index contributed by atoms with van der Waals surface area (Å²) in [5.41, 5.74) is 4.56. The molecule has 0 radical (unpaired) electrons. The Bertz CT molecular complexity index is 715. The Hall–Kier alpha value is -2.17. The van der Waals surface area contributed by atoms with Crippen LogP contribution in [0.5, 0.6) is 0 Å². The number of fused-ring (bicyclic) bond motifs is 1. The van der Waals surface area contributed by atoms with E-state index in [9.17, 15) is 9.90 Å². The number of hydrogen-bond donors (Lipinski definition) is 2. The van der Waals surface area contributed by atoms with Crippen LogP contribution in [0.4, 0.5) is 5.69 Å². The predicted molar refractivity (Wildman–Crippen MR) is 101 cm³/mol. The van der Waals surface area contributed by atoms with Crippen molar-refractivity contribution >= 4 is 11.6 Å². The number of carbonyl (C=O) groups excluding carboxylic acids is 1. The summed E-state index contributed by atoms with van der Waals surface area (Å²) in [6.45, 7) is 1.12. The molecule has 4 heteroatoms. The van der Waals surface area contributed by atoms with Crippen molar-refractivity contribution < 1.29 is 9.90 Å². The van der Waals surface area contributed by atoms with Crippen molar-refractivity contribution in [2.75, 3.05) is 25.5 Å². The molecule has 1 amide bonds. The van der Waals surface area contributed by atoms with E-state index >= 15 is 0 Å². The van der Waals surface area contributed by atoms with Crippen LogP contribution in [0.3, 0.4) is 0 Å². The molecule has 0 spiro atoms. The smallest absolute Gasteiger partial charge is 0.225 e. The van der Waals surface area contributed by atoms with Crippen LogP contribution in [0, 0.1) is 0 Å². The van der Waals surface area contributed by atoms with Crippen molar-refractivity contribution in [2.45, 2.75) is 31.8 Å². The fraction of sp³-hybridized carbons (Fsp3) is 0.381. The first kappa shape index (κ1) is 17.6. The predicted octanol–water partition coefficient (Wildman–Crippen LogP) is 3.17. The third-order valence-corrected chi connectivity index (χ3v) is 4.77. The van der Waals surface area contributed by atoms with E-state index in [1.807, 2.05) is 48.3 Å². The number of likely N-dealkylation sites (N-methyl/N-ethyl adjacent to an activating group) is 1. The van der Waals surface area contributed by atoms with Gasteiger partial charge in [0.05, 0.1) is 6.10 Å². The van der Waals surface area contributed by atoms with Gasteiger partial charge in [0.1, 0.15) is 0 Å². The largest absolute Gasteiger partial charge is 0.387 e. The highest BCUT2D eigenvalue weighted by Gasteiger charge is 2.13. The van der Waals surface area contributed by atoms with Crippen molar-refractivity contribution in [2.24, 2.45) is 0 Å². The van der Waals surface area contributed by atoms with Gasteiger partial charge in [0.2, 0.25) is 5.91 Å². The van der Waals surface area contributed by atoms with E-state index < -0.39 is 6.10 Å². The van der Waals surface area contributed by atoms with Crippen molar-refractivity contribution in [3.8, 4) is 0 Å². The molecule has 0 bridgehead atoms. The first-order valence-corrected chi connectivity index (χ1v) is 8.95. The van der Waals surface area contributed by atoms with Crippen molar-refractivity contribution in [1.29, 1.82) is 0 Å². The molecule has 132 valence electrons. The molecule has 0 aromatic heterocycles. The van der Waals surface area contributed by atoms with Gasteiger partial charge in [-0.1, -0.05) is 36.4 Å². The van der Waals surface area contributed by atoms with Crippen molar-refractivity contribution in [3.63, 3.8) is 0 Å². The summed E-state index contributed by atoms with van der Waals surface area (Å²) in [4.78, 5) is 14.2. The van der Waals surface area contributed by atoms with Crippen LogP contribution < -0.4 is 5.32 Å². The van der Waals surface area contributed by atoms with E-state index in [2.05, 4.69) is 17.4 Å². The SMILES string of the molecule is CN(CCC(=O)Nc1ccc2c(c1)CCC2)C[C@H](O)c1ccccc1. The summed E-state index contributed by atoms with van der Waals surface area (Å²) < 4.78 is 0. The molecule has 1 aliphatic rings. The van der Waals surface area contributed by atoms with Crippen LogP contribution in [0.1, 0.15) is 35.6 Å². The van der Waals surface area contributed by atoms with E-state index in [1.54, 1.807) is 0 Å². The summed E-state index contributed by atoms with van der Waals surface area (Å²) in [6.07, 6.45) is 3.35. The highest BCUT2D eigenvalue weighted by atomic mass is 16.3. The second-order valence-electron chi connectivity index (χ2n) is 6.82. The lowest BCUT2D eigenvalue weighted by molar-refractivity contribution is -0.116. The molecule has 0 fully saturated rings. The zero-order chi connectivity index (χ0) is 17.6. The monoisotopic (exact) mass is 338 g/mol. The minimum atomic E-state index is -0.536. The number of nitrogens with one attached hydrogen (secondary N) is 1. The number of benzene rings is 2. The van der Waals surface area contributed by atoms with E-state index in [4.69, 9.17) is 0 Å². The number of anilines is 1. The van der Waals surface area contributed by atoms with Gasteiger partial charge in [-0.2, -0.15) is 0 Å². The maximum absolute atomic E-state index is 12.2. The third-order valence-electron chi connectivity index (χ3n) is 4.77. The Morgan fingerprint density at radius 2 is 1.92 bits per heavy atom. The second kappa shape index (κ2) is 8.28. The first-order valence-electron chi connectivity index (χ1n) is 8.95. The van der Waals surface area contributed by atoms with Gasteiger partial charge in [0.25, 0.3) is 0 Å². The first-order chi connectivity index (χ1) is 12.1. The lowest BCUT2D eigenvalue weighted by Crippen LogP contribution is -2.28. The van der Waals surface area contributed by atoms with Crippen molar-refractivity contribution in [1.82, 2.24) is 4.90 Å². The van der Waals surface area contributed by atoms with Crippen LogP contribution >= 0.6 is 0 Å². The van der Waals surface area contributed by atoms with Crippen LogP contribution in [-0.4, -0.2) is 36.1 Å². The van der Waals surface area contributed by atoms with Gasteiger partial charge in [-0.05, 0) is 55.1 Å². The standard InChI is InChI=1S/C21H26N2O2/c1-23(15-20(24)17-6-3-2-4-7-17)13-12-21(25)22-19-11-10-16-8-5-9-18(16)14-19/h2-4,6-7,10-11,14,20,24H,5,8-9,12-13,15H2,1H3,(H,22,25)/t20-/m0/s1. The van der Waals surface area contributed by atoms with Crippen LogP contribution in [0.15, 0.2) is 48.5 Å². The fourth-order valence-corrected chi connectivity index (χ4v) is 3.33. The molecule has 4 nitrogen and oxygen atoms in total. The van der Waals surface area contributed by atoms with Crippen LogP contribution in [0.25, 0.3) is 0 Å². The van der Waals surface area contributed by atoms with Gasteiger partial charge < -0.3 is 15.3 Å². The average molecular weight is 338 g/mol. The topological polar surface area (TPSA) is 52.6 Å². The molecule has 2 aromatic rings.